The summed E-state index contributed by atoms with van der Waals surface area (Å²) in [5.41, 5.74) is 3.33. The molecule has 0 amide bonds. The first-order chi connectivity index (χ1) is 12.7. The molecule has 2 N–H and O–H groups in total. The molecule has 0 fully saturated rings. The highest BCUT2D eigenvalue weighted by molar-refractivity contribution is 14.0. The van der Waals surface area contributed by atoms with E-state index in [-0.39, 0.29) is 24.0 Å². The Labute approximate surface area is 181 Å². The molecule has 0 aliphatic carbocycles. The molecule has 8 heteroatoms. The lowest BCUT2D eigenvalue weighted by Gasteiger charge is -2.13. The van der Waals surface area contributed by atoms with Crippen molar-refractivity contribution in [3.63, 3.8) is 0 Å². The number of rotatable bonds is 6. The van der Waals surface area contributed by atoms with Gasteiger partial charge in [0, 0.05) is 32.9 Å². The number of aryl methyl sites for hydroxylation is 1. The number of hydrogen-bond acceptors (Lipinski definition) is 3. The third kappa shape index (κ3) is 5.80. The number of halogens is 2. The van der Waals surface area contributed by atoms with Crippen LogP contribution in [0.2, 0.25) is 5.15 Å². The zero-order valence-corrected chi connectivity index (χ0v) is 18.5. The summed E-state index contributed by atoms with van der Waals surface area (Å²) in [6, 6.07) is 12.0. The van der Waals surface area contributed by atoms with E-state index in [4.69, 9.17) is 11.6 Å². The number of guanidine groups is 1. The highest BCUT2D eigenvalue weighted by Gasteiger charge is 2.06. The summed E-state index contributed by atoms with van der Waals surface area (Å²) in [7, 11) is 1.77. The second-order valence-electron chi connectivity index (χ2n) is 5.96. The van der Waals surface area contributed by atoms with Gasteiger partial charge >= 0.3 is 0 Å². The van der Waals surface area contributed by atoms with Gasteiger partial charge in [0.15, 0.2) is 5.96 Å². The van der Waals surface area contributed by atoms with Crippen LogP contribution in [0.5, 0.6) is 0 Å². The van der Waals surface area contributed by atoms with E-state index < -0.39 is 0 Å². The summed E-state index contributed by atoms with van der Waals surface area (Å²) < 4.78 is 2.22. The molecule has 2 heterocycles. The van der Waals surface area contributed by atoms with Gasteiger partial charge < -0.3 is 15.2 Å². The van der Waals surface area contributed by atoms with Crippen LogP contribution in [0.15, 0.2) is 47.6 Å². The number of hydrogen-bond donors (Lipinski definition) is 2. The number of fused-ring (bicyclic) bond motifs is 1. The molecule has 0 unspecified atom stereocenters. The fourth-order valence-electron chi connectivity index (χ4n) is 2.86. The molecule has 0 saturated carbocycles. The topological polar surface area (TPSA) is 67.1 Å². The van der Waals surface area contributed by atoms with Gasteiger partial charge in [-0.3, -0.25) is 4.99 Å². The molecular formula is C19H24ClIN6. The molecule has 1 aromatic carbocycles. The van der Waals surface area contributed by atoms with Crippen molar-refractivity contribution in [3.8, 4) is 0 Å². The molecule has 0 spiro atoms. The smallest absolute Gasteiger partial charge is 0.191 e. The number of nitrogens with zero attached hydrogens (tertiary/aromatic N) is 4. The Morgan fingerprint density at radius 2 is 1.93 bits per heavy atom. The molecule has 0 atom stereocenters. The summed E-state index contributed by atoms with van der Waals surface area (Å²) in [4.78, 5) is 13.0. The molecule has 0 bridgehead atoms. The van der Waals surface area contributed by atoms with Crippen molar-refractivity contribution in [1.29, 1.82) is 0 Å². The maximum Gasteiger partial charge on any atom is 0.191 e. The van der Waals surface area contributed by atoms with Gasteiger partial charge in [0.25, 0.3) is 0 Å². The number of pyridine rings is 1. The zero-order chi connectivity index (χ0) is 18.4. The molecule has 0 saturated heterocycles. The Morgan fingerprint density at radius 1 is 1.15 bits per heavy atom. The average Bonchev–Trinajstić information content (AvgIpc) is 2.97. The zero-order valence-electron chi connectivity index (χ0n) is 15.4. The minimum atomic E-state index is 0. The molecule has 0 aliphatic rings. The number of aliphatic imine (C=N–C) groups is 1. The number of imidazole rings is 1. The van der Waals surface area contributed by atoms with Crippen molar-refractivity contribution >= 4 is 52.6 Å². The maximum atomic E-state index is 5.80. The van der Waals surface area contributed by atoms with E-state index in [1.807, 2.05) is 37.3 Å². The van der Waals surface area contributed by atoms with E-state index in [0.717, 1.165) is 54.4 Å². The molecule has 0 radical (unpaired) electrons. The van der Waals surface area contributed by atoms with Crippen LogP contribution in [-0.4, -0.2) is 40.6 Å². The van der Waals surface area contributed by atoms with Crippen LogP contribution in [-0.2, 0) is 13.0 Å². The highest BCUT2D eigenvalue weighted by Crippen LogP contribution is 2.14. The normalized spacial score (nSPS) is 11.3. The largest absolute Gasteiger partial charge is 0.356 e. The lowest BCUT2D eigenvalue weighted by atomic mass is 10.2. The lowest BCUT2D eigenvalue weighted by Crippen LogP contribution is -2.39. The van der Waals surface area contributed by atoms with Crippen molar-refractivity contribution in [2.24, 2.45) is 4.99 Å². The van der Waals surface area contributed by atoms with E-state index in [0.29, 0.717) is 5.15 Å². The molecule has 144 valence electrons. The van der Waals surface area contributed by atoms with Crippen molar-refractivity contribution < 1.29 is 0 Å². The van der Waals surface area contributed by atoms with Gasteiger partial charge in [-0.25, -0.2) is 9.97 Å². The summed E-state index contributed by atoms with van der Waals surface area (Å²) in [6.07, 6.45) is 2.66. The van der Waals surface area contributed by atoms with Crippen LogP contribution >= 0.6 is 35.6 Å². The molecule has 2 aromatic heterocycles. The fraction of sp³-hybridized carbons (Fsp3) is 0.316. The SMILES string of the molecule is CN=C(NCCc1ccc(Cl)nc1)NCCn1c(C)nc2ccccc21.I. The van der Waals surface area contributed by atoms with Gasteiger partial charge in [0.2, 0.25) is 0 Å². The van der Waals surface area contributed by atoms with E-state index in [1.165, 1.54) is 0 Å². The lowest BCUT2D eigenvalue weighted by molar-refractivity contribution is 0.659. The molecular weight excluding hydrogens is 475 g/mol. The Bertz CT molecular complexity index is 891. The first kappa shape index (κ1) is 21.4. The van der Waals surface area contributed by atoms with Crippen molar-refractivity contribution in [2.45, 2.75) is 19.9 Å². The Morgan fingerprint density at radius 3 is 2.67 bits per heavy atom. The predicted molar refractivity (Wildman–Crippen MR) is 122 cm³/mol. The minimum Gasteiger partial charge on any atom is -0.356 e. The number of nitrogens with one attached hydrogen (secondary N) is 2. The molecule has 3 aromatic rings. The number of para-hydroxylation sites is 2. The highest BCUT2D eigenvalue weighted by atomic mass is 127. The fourth-order valence-corrected chi connectivity index (χ4v) is 2.98. The van der Waals surface area contributed by atoms with E-state index in [1.54, 1.807) is 13.2 Å². The molecule has 3 rings (SSSR count). The number of benzene rings is 1. The van der Waals surface area contributed by atoms with Gasteiger partial charge in [-0.1, -0.05) is 29.8 Å². The van der Waals surface area contributed by atoms with E-state index >= 15 is 0 Å². The molecule has 27 heavy (non-hydrogen) atoms. The predicted octanol–water partition coefficient (Wildman–Crippen LogP) is 3.42. The third-order valence-corrected chi connectivity index (χ3v) is 4.42. The van der Waals surface area contributed by atoms with Crippen molar-refractivity contribution in [1.82, 2.24) is 25.2 Å². The maximum absolute atomic E-state index is 5.80. The number of aromatic nitrogens is 3. The second-order valence-corrected chi connectivity index (χ2v) is 6.35. The van der Waals surface area contributed by atoms with Crippen LogP contribution in [0.3, 0.4) is 0 Å². The molecule has 6 nitrogen and oxygen atoms in total. The van der Waals surface area contributed by atoms with Crippen LogP contribution < -0.4 is 10.6 Å². The van der Waals surface area contributed by atoms with Gasteiger partial charge in [-0.05, 0) is 37.1 Å². The van der Waals surface area contributed by atoms with Crippen molar-refractivity contribution in [2.75, 3.05) is 20.1 Å². The first-order valence-electron chi connectivity index (χ1n) is 8.64. The summed E-state index contributed by atoms with van der Waals surface area (Å²) in [5, 5.41) is 7.18. The summed E-state index contributed by atoms with van der Waals surface area (Å²) in [6.45, 7) is 4.40. The monoisotopic (exact) mass is 498 g/mol. The van der Waals surface area contributed by atoms with Crippen LogP contribution in [0.25, 0.3) is 11.0 Å². The van der Waals surface area contributed by atoms with Gasteiger partial charge in [-0.2, -0.15) is 0 Å². The van der Waals surface area contributed by atoms with Crippen LogP contribution in [0.4, 0.5) is 0 Å². The first-order valence-corrected chi connectivity index (χ1v) is 9.02. The molecule has 0 aliphatic heterocycles. The summed E-state index contributed by atoms with van der Waals surface area (Å²) in [5.74, 6) is 1.81. The standard InChI is InChI=1S/C19H23ClN6.HI/c1-14-25-16-5-3-4-6-17(16)26(14)12-11-23-19(21-2)22-10-9-15-7-8-18(20)24-13-15;/h3-8,13H,9-12H2,1-2H3,(H2,21,22,23);1H. The minimum absolute atomic E-state index is 0. The van der Waals surface area contributed by atoms with E-state index in [2.05, 4.69) is 36.2 Å². The Kier molecular flexibility index (Phi) is 8.30. The average molecular weight is 499 g/mol. The van der Waals surface area contributed by atoms with Crippen LogP contribution in [0, 0.1) is 6.92 Å². The summed E-state index contributed by atoms with van der Waals surface area (Å²) >= 11 is 5.80. The van der Waals surface area contributed by atoms with Crippen molar-refractivity contribution in [3.05, 3.63) is 59.1 Å². The van der Waals surface area contributed by atoms with E-state index in [9.17, 15) is 0 Å². The van der Waals surface area contributed by atoms with Gasteiger partial charge in [0.05, 0.1) is 11.0 Å². The quantitative estimate of drug-likeness (QED) is 0.237. The Balaban J connectivity index is 0.00000261. The Hall–Kier alpha value is -1.87. The van der Waals surface area contributed by atoms with Crippen LogP contribution in [0.1, 0.15) is 11.4 Å². The third-order valence-electron chi connectivity index (χ3n) is 4.19. The second kappa shape index (κ2) is 10.5. The van der Waals surface area contributed by atoms with Gasteiger partial charge in [-0.15, -0.1) is 24.0 Å². The van der Waals surface area contributed by atoms with Gasteiger partial charge in [0.1, 0.15) is 11.0 Å².